The normalized spacial score (nSPS) is 17.8. The highest BCUT2D eigenvalue weighted by atomic mass is 32.2. The molecule has 1 aromatic carbocycles. The molecule has 0 aromatic heterocycles. The molecule has 1 heterocycles. The molecular formula is C17H28N2O4S2. The number of nitrogens with zero attached hydrogens (tertiary/aromatic N) is 1. The van der Waals surface area contributed by atoms with Gasteiger partial charge in [0.2, 0.25) is 20.0 Å². The van der Waals surface area contributed by atoms with Crippen molar-refractivity contribution in [2.75, 3.05) is 18.8 Å². The zero-order valence-corrected chi connectivity index (χ0v) is 17.2. The predicted molar refractivity (Wildman–Crippen MR) is 99.8 cm³/mol. The van der Waals surface area contributed by atoms with E-state index in [1.54, 1.807) is 6.92 Å². The van der Waals surface area contributed by atoms with E-state index in [0.29, 0.717) is 30.8 Å². The number of sulfonamides is 2. The highest BCUT2D eigenvalue weighted by Gasteiger charge is 2.30. The first-order valence-electron chi connectivity index (χ1n) is 8.57. The number of aryl methyl sites for hydroxylation is 2. The van der Waals surface area contributed by atoms with Crippen molar-refractivity contribution in [1.29, 1.82) is 0 Å². The summed E-state index contributed by atoms with van der Waals surface area (Å²) in [7, 11) is -6.85. The molecule has 0 bridgehead atoms. The maximum absolute atomic E-state index is 12.9. The summed E-state index contributed by atoms with van der Waals surface area (Å²) >= 11 is 0. The minimum atomic E-state index is -3.64. The second-order valence-corrected chi connectivity index (χ2v) is 10.7. The zero-order valence-electron chi connectivity index (χ0n) is 15.6. The average Bonchev–Trinajstić information content (AvgIpc) is 2.53. The molecule has 0 radical (unpaired) electrons. The Morgan fingerprint density at radius 1 is 1.00 bits per heavy atom. The maximum Gasteiger partial charge on any atom is 0.241 e. The molecule has 1 aliphatic heterocycles. The van der Waals surface area contributed by atoms with Crippen LogP contribution in [0.2, 0.25) is 0 Å². The fourth-order valence-electron chi connectivity index (χ4n) is 3.30. The second-order valence-electron chi connectivity index (χ2n) is 6.78. The quantitative estimate of drug-likeness (QED) is 0.836. The van der Waals surface area contributed by atoms with Crippen LogP contribution < -0.4 is 4.72 Å². The van der Waals surface area contributed by atoms with E-state index in [0.717, 1.165) is 22.3 Å². The SMILES string of the molecule is CCS(=O)(=O)N1CCC(NS(=O)(=O)c2c(C)c(C)cc(C)c2C)CC1. The fourth-order valence-corrected chi connectivity index (χ4v) is 6.35. The molecule has 2 rings (SSSR count). The van der Waals surface area contributed by atoms with Gasteiger partial charge in [-0.3, -0.25) is 0 Å². The lowest BCUT2D eigenvalue weighted by molar-refractivity contribution is 0.309. The Hall–Kier alpha value is -0.960. The third kappa shape index (κ3) is 4.24. The predicted octanol–water partition coefficient (Wildman–Crippen LogP) is 2.01. The zero-order chi connectivity index (χ0) is 19.0. The van der Waals surface area contributed by atoms with Gasteiger partial charge in [0.1, 0.15) is 0 Å². The van der Waals surface area contributed by atoms with Crippen LogP contribution in [0.1, 0.15) is 42.0 Å². The smallest absolute Gasteiger partial charge is 0.212 e. The van der Waals surface area contributed by atoms with Crippen molar-refractivity contribution in [2.45, 2.75) is 58.4 Å². The van der Waals surface area contributed by atoms with Crippen LogP contribution in [-0.4, -0.2) is 46.0 Å². The van der Waals surface area contributed by atoms with Gasteiger partial charge in [0.25, 0.3) is 0 Å². The topological polar surface area (TPSA) is 83.6 Å². The van der Waals surface area contributed by atoms with Gasteiger partial charge in [0.05, 0.1) is 10.6 Å². The molecular weight excluding hydrogens is 360 g/mol. The Kier molecular flexibility index (Phi) is 5.98. The van der Waals surface area contributed by atoms with Gasteiger partial charge in [-0.05, 0) is 69.7 Å². The summed E-state index contributed by atoms with van der Waals surface area (Å²) in [6.07, 6.45) is 0.975. The number of hydrogen-bond donors (Lipinski definition) is 1. The van der Waals surface area contributed by atoms with Crippen LogP contribution in [0.3, 0.4) is 0 Å². The Labute approximate surface area is 151 Å². The van der Waals surface area contributed by atoms with Crippen LogP contribution in [0.5, 0.6) is 0 Å². The fraction of sp³-hybridized carbons (Fsp3) is 0.647. The molecule has 1 aliphatic rings. The van der Waals surface area contributed by atoms with Crippen LogP contribution in [0, 0.1) is 27.7 Å². The Morgan fingerprint density at radius 2 is 1.48 bits per heavy atom. The molecule has 0 atom stereocenters. The highest BCUT2D eigenvalue weighted by Crippen LogP contribution is 2.27. The number of rotatable bonds is 5. The first-order chi connectivity index (χ1) is 11.5. The second kappa shape index (κ2) is 7.34. The van der Waals surface area contributed by atoms with Crippen molar-refractivity contribution < 1.29 is 16.8 Å². The van der Waals surface area contributed by atoms with Gasteiger partial charge in [-0.25, -0.2) is 25.9 Å². The monoisotopic (exact) mass is 388 g/mol. The van der Waals surface area contributed by atoms with Gasteiger partial charge in [-0.2, -0.15) is 0 Å². The summed E-state index contributed by atoms with van der Waals surface area (Å²) in [4.78, 5) is 0.355. The molecule has 25 heavy (non-hydrogen) atoms. The summed E-state index contributed by atoms with van der Waals surface area (Å²) in [5, 5.41) is 0. The largest absolute Gasteiger partial charge is 0.241 e. The van der Waals surface area contributed by atoms with Crippen LogP contribution in [0.15, 0.2) is 11.0 Å². The van der Waals surface area contributed by atoms with E-state index in [4.69, 9.17) is 0 Å². The van der Waals surface area contributed by atoms with Gasteiger partial charge in [0, 0.05) is 19.1 Å². The number of piperidine rings is 1. The molecule has 1 aromatic rings. The molecule has 1 fully saturated rings. The minimum absolute atomic E-state index is 0.0738. The van der Waals surface area contributed by atoms with Gasteiger partial charge in [0.15, 0.2) is 0 Å². The Balaban J connectivity index is 2.20. The highest BCUT2D eigenvalue weighted by molar-refractivity contribution is 7.89. The number of nitrogens with one attached hydrogen (secondary N) is 1. The molecule has 0 amide bonds. The van der Waals surface area contributed by atoms with Crippen LogP contribution >= 0.6 is 0 Å². The standard InChI is InChI=1S/C17H28N2O4S2/c1-6-24(20,21)19-9-7-16(8-10-19)18-25(22,23)17-14(4)12(2)11-13(3)15(17)5/h11,16,18H,6-10H2,1-5H3. The van der Waals surface area contributed by atoms with Crippen LogP contribution in [0.25, 0.3) is 0 Å². The third-order valence-corrected chi connectivity index (χ3v) is 8.77. The molecule has 0 spiro atoms. The van der Waals surface area contributed by atoms with Crippen molar-refractivity contribution in [1.82, 2.24) is 9.03 Å². The van der Waals surface area contributed by atoms with E-state index in [-0.39, 0.29) is 11.8 Å². The van der Waals surface area contributed by atoms with E-state index in [1.165, 1.54) is 4.31 Å². The van der Waals surface area contributed by atoms with Gasteiger partial charge in [-0.15, -0.1) is 0 Å². The number of hydrogen-bond acceptors (Lipinski definition) is 4. The third-order valence-electron chi connectivity index (χ3n) is 5.10. The van der Waals surface area contributed by atoms with Crippen molar-refractivity contribution in [3.63, 3.8) is 0 Å². The van der Waals surface area contributed by atoms with Crippen molar-refractivity contribution in [2.24, 2.45) is 0 Å². The lowest BCUT2D eigenvalue weighted by atomic mass is 10.0. The lowest BCUT2D eigenvalue weighted by Crippen LogP contribution is -2.47. The Bertz CT molecular complexity index is 827. The molecule has 0 aliphatic carbocycles. The first kappa shape index (κ1) is 20.4. The summed E-state index contributed by atoms with van der Waals surface area (Å²) in [5.74, 6) is 0.0738. The molecule has 142 valence electrons. The lowest BCUT2D eigenvalue weighted by Gasteiger charge is -2.31. The minimum Gasteiger partial charge on any atom is -0.212 e. The van der Waals surface area contributed by atoms with Crippen molar-refractivity contribution in [3.05, 3.63) is 28.3 Å². The van der Waals surface area contributed by atoms with Gasteiger partial charge in [-0.1, -0.05) is 6.07 Å². The Morgan fingerprint density at radius 3 is 1.92 bits per heavy atom. The summed E-state index contributed by atoms with van der Waals surface area (Å²) in [5.41, 5.74) is 3.43. The van der Waals surface area contributed by atoms with Crippen molar-refractivity contribution >= 4 is 20.0 Å². The summed E-state index contributed by atoms with van der Waals surface area (Å²) in [6.45, 7) is 9.81. The first-order valence-corrected chi connectivity index (χ1v) is 11.7. The summed E-state index contributed by atoms with van der Waals surface area (Å²) in [6, 6.07) is 1.76. The van der Waals surface area contributed by atoms with Crippen LogP contribution in [-0.2, 0) is 20.0 Å². The van der Waals surface area contributed by atoms with E-state index in [1.807, 2.05) is 33.8 Å². The molecule has 1 N–H and O–H groups in total. The average molecular weight is 389 g/mol. The molecule has 0 unspecified atom stereocenters. The molecule has 6 nitrogen and oxygen atoms in total. The van der Waals surface area contributed by atoms with Gasteiger partial charge < -0.3 is 0 Å². The molecule has 0 saturated carbocycles. The summed E-state index contributed by atoms with van der Waals surface area (Å²) < 4.78 is 54.0. The van der Waals surface area contributed by atoms with E-state index in [2.05, 4.69) is 4.72 Å². The van der Waals surface area contributed by atoms with E-state index >= 15 is 0 Å². The van der Waals surface area contributed by atoms with Crippen molar-refractivity contribution in [3.8, 4) is 0 Å². The number of benzene rings is 1. The maximum atomic E-state index is 12.9. The van der Waals surface area contributed by atoms with E-state index in [9.17, 15) is 16.8 Å². The van der Waals surface area contributed by atoms with E-state index < -0.39 is 20.0 Å². The van der Waals surface area contributed by atoms with Crippen LogP contribution in [0.4, 0.5) is 0 Å². The molecule has 8 heteroatoms. The molecule has 1 saturated heterocycles. The van der Waals surface area contributed by atoms with Gasteiger partial charge >= 0.3 is 0 Å².